The number of fused-ring (bicyclic) bond motifs is 1. The molecule has 4 heteroatoms. The highest BCUT2D eigenvalue weighted by atomic mass is 32.1. The van der Waals surface area contributed by atoms with Crippen LogP contribution < -0.4 is 10.6 Å². The van der Waals surface area contributed by atoms with Gasteiger partial charge in [-0.05, 0) is 76.1 Å². The van der Waals surface area contributed by atoms with E-state index in [-0.39, 0.29) is 5.92 Å². The maximum absolute atomic E-state index is 12.3. The molecule has 1 aliphatic carbocycles. The topological polar surface area (TPSA) is 41.1 Å². The fourth-order valence-electron chi connectivity index (χ4n) is 3.83. The normalized spacial score (nSPS) is 28.9. The highest BCUT2D eigenvalue weighted by Gasteiger charge is 2.34. The second-order valence-electron chi connectivity index (χ2n) is 6.58. The third-order valence-electron chi connectivity index (χ3n) is 5.08. The fraction of sp³-hybridized carbons (Fsp3) is 0.706. The summed E-state index contributed by atoms with van der Waals surface area (Å²) in [7, 11) is 0. The number of rotatable bonds is 4. The van der Waals surface area contributed by atoms with E-state index < -0.39 is 0 Å². The lowest BCUT2D eigenvalue weighted by atomic mass is 9.71. The van der Waals surface area contributed by atoms with E-state index >= 15 is 0 Å². The number of carbonyl (C=O) groups excluding carboxylic acids is 1. The van der Waals surface area contributed by atoms with Crippen molar-refractivity contribution < 1.29 is 4.79 Å². The lowest BCUT2D eigenvalue weighted by Crippen LogP contribution is -2.43. The van der Waals surface area contributed by atoms with E-state index in [1.165, 1.54) is 22.6 Å². The number of nitrogens with one attached hydrogen (secondary N) is 2. The summed E-state index contributed by atoms with van der Waals surface area (Å²) in [6, 6.07) is 4.33. The molecule has 0 spiro atoms. The summed E-state index contributed by atoms with van der Waals surface area (Å²) >= 11 is 1.83. The number of carbonyl (C=O) groups is 1. The smallest absolute Gasteiger partial charge is 0.223 e. The lowest BCUT2D eigenvalue weighted by Gasteiger charge is -2.39. The monoisotopic (exact) mass is 306 g/mol. The van der Waals surface area contributed by atoms with E-state index in [4.69, 9.17) is 0 Å². The molecule has 1 aromatic rings. The highest BCUT2D eigenvalue weighted by Crippen LogP contribution is 2.37. The molecule has 3 nitrogen and oxygen atoms in total. The molecule has 0 radical (unpaired) electrons. The molecule has 1 aromatic heterocycles. The Kier molecular flexibility index (Phi) is 4.96. The molecule has 0 aromatic carbocycles. The Morgan fingerprint density at radius 1 is 1.33 bits per heavy atom. The third kappa shape index (κ3) is 3.86. The van der Waals surface area contributed by atoms with Gasteiger partial charge in [0.25, 0.3) is 0 Å². The van der Waals surface area contributed by atoms with Gasteiger partial charge in [-0.15, -0.1) is 11.3 Å². The largest absolute Gasteiger partial charge is 0.356 e. The summed E-state index contributed by atoms with van der Waals surface area (Å²) in [6.45, 7) is 5.21. The third-order valence-corrected chi connectivity index (χ3v) is 6.14. The van der Waals surface area contributed by atoms with Crippen LogP contribution in [0.1, 0.15) is 35.4 Å². The molecule has 2 N–H and O–H groups in total. The first-order chi connectivity index (χ1) is 10.2. The summed E-state index contributed by atoms with van der Waals surface area (Å²) in [4.78, 5) is 15.1. The second kappa shape index (κ2) is 6.93. The van der Waals surface area contributed by atoms with Gasteiger partial charge in [0.2, 0.25) is 5.91 Å². The Morgan fingerprint density at radius 2 is 2.24 bits per heavy atom. The summed E-state index contributed by atoms with van der Waals surface area (Å²) in [5.41, 5.74) is 0. The molecule has 1 amide bonds. The molecule has 2 fully saturated rings. The van der Waals surface area contributed by atoms with Gasteiger partial charge in [-0.1, -0.05) is 0 Å². The van der Waals surface area contributed by atoms with Gasteiger partial charge in [0, 0.05) is 22.2 Å². The van der Waals surface area contributed by atoms with Crippen molar-refractivity contribution in [3.8, 4) is 0 Å². The van der Waals surface area contributed by atoms with Crippen LogP contribution in [0.15, 0.2) is 12.1 Å². The van der Waals surface area contributed by atoms with E-state index in [2.05, 4.69) is 29.7 Å². The first-order valence-electron chi connectivity index (χ1n) is 8.26. The van der Waals surface area contributed by atoms with Crippen molar-refractivity contribution >= 4 is 17.2 Å². The molecule has 21 heavy (non-hydrogen) atoms. The van der Waals surface area contributed by atoms with Crippen LogP contribution in [0.25, 0.3) is 0 Å². The zero-order valence-electron chi connectivity index (χ0n) is 12.9. The minimum atomic E-state index is 0.259. The van der Waals surface area contributed by atoms with Gasteiger partial charge in [0.15, 0.2) is 0 Å². The van der Waals surface area contributed by atoms with Crippen LogP contribution in [0, 0.1) is 24.7 Å². The van der Waals surface area contributed by atoms with E-state index in [1.54, 1.807) is 0 Å². The fourth-order valence-corrected chi connectivity index (χ4v) is 4.72. The quantitative estimate of drug-likeness (QED) is 0.898. The Labute approximate surface area is 131 Å². The van der Waals surface area contributed by atoms with Gasteiger partial charge in [0.1, 0.15) is 0 Å². The van der Waals surface area contributed by atoms with Crippen molar-refractivity contribution in [2.24, 2.45) is 17.8 Å². The number of amides is 1. The Bertz CT molecular complexity index is 485. The SMILES string of the molecule is Cc1ccc(CCNC(=O)C2CCC3CNCCC3C2)s1. The summed E-state index contributed by atoms with van der Waals surface area (Å²) < 4.78 is 0. The molecule has 1 aliphatic heterocycles. The van der Waals surface area contributed by atoms with Crippen molar-refractivity contribution in [3.05, 3.63) is 21.9 Å². The molecule has 3 rings (SSSR count). The average molecular weight is 306 g/mol. The van der Waals surface area contributed by atoms with Crippen LogP contribution in [0.4, 0.5) is 0 Å². The van der Waals surface area contributed by atoms with E-state index in [9.17, 15) is 4.79 Å². The van der Waals surface area contributed by atoms with Gasteiger partial charge in [-0.3, -0.25) is 4.79 Å². The van der Waals surface area contributed by atoms with Gasteiger partial charge < -0.3 is 10.6 Å². The van der Waals surface area contributed by atoms with Crippen molar-refractivity contribution in [1.29, 1.82) is 0 Å². The number of thiophene rings is 1. The molecular formula is C17H26N2OS. The average Bonchev–Trinajstić information content (AvgIpc) is 2.92. The standard InChI is InChI=1S/C17H26N2OS/c1-12-2-5-16(21-12)7-9-19-17(20)14-3-4-15-11-18-8-6-13(15)10-14/h2,5,13-15,18H,3-4,6-11H2,1H3,(H,19,20). The van der Waals surface area contributed by atoms with Crippen LogP contribution in [0.5, 0.6) is 0 Å². The molecule has 0 bridgehead atoms. The maximum Gasteiger partial charge on any atom is 0.223 e. The van der Waals surface area contributed by atoms with Crippen LogP contribution in [-0.4, -0.2) is 25.5 Å². The van der Waals surface area contributed by atoms with Crippen LogP contribution >= 0.6 is 11.3 Å². The van der Waals surface area contributed by atoms with Crippen LogP contribution in [-0.2, 0) is 11.2 Å². The predicted molar refractivity (Wildman–Crippen MR) is 87.6 cm³/mol. The second-order valence-corrected chi connectivity index (χ2v) is 7.95. The highest BCUT2D eigenvalue weighted by molar-refractivity contribution is 7.11. The van der Waals surface area contributed by atoms with Crippen LogP contribution in [0.3, 0.4) is 0 Å². The van der Waals surface area contributed by atoms with E-state index in [0.29, 0.717) is 5.91 Å². The Morgan fingerprint density at radius 3 is 3.05 bits per heavy atom. The molecule has 2 heterocycles. The zero-order chi connectivity index (χ0) is 14.7. The molecule has 3 atom stereocenters. The van der Waals surface area contributed by atoms with E-state index in [0.717, 1.165) is 50.7 Å². The summed E-state index contributed by atoms with van der Waals surface area (Å²) in [6.07, 6.45) is 5.62. The van der Waals surface area contributed by atoms with Gasteiger partial charge in [-0.25, -0.2) is 0 Å². The first kappa shape index (κ1) is 15.0. The summed E-state index contributed by atoms with van der Waals surface area (Å²) in [5, 5.41) is 6.64. The van der Waals surface area contributed by atoms with E-state index in [1.807, 2.05) is 11.3 Å². The lowest BCUT2D eigenvalue weighted by molar-refractivity contribution is -0.127. The molecule has 116 valence electrons. The minimum absolute atomic E-state index is 0.259. The molecule has 1 saturated heterocycles. The summed E-state index contributed by atoms with van der Waals surface area (Å²) in [5.74, 6) is 2.14. The minimum Gasteiger partial charge on any atom is -0.356 e. The van der Waals surface area contributed by atoms with Crippen molar-refractivity contribution in [1.82, 2.24) is 10.6 Å². The number of hydrogen-bond donors (Lipinski definition) is 2. The number of aryl methyl sites for hydroxylation is 1. The molecule has 2 aliphatic rings. The first-order valence-corrected chi connectivity index (χ1v) is 9.08. The zero-order valence-corrected chi connectivity index (χ0v) is 13.7. The number of piperidine rings is 1. The van der Waals surface area contributed by atoms with Crippen molar-refractivity contribution in [2.45, 2.75) is 39.0 Å². The van der Waals surface area contributed by atoms with Gasteiger partial charge in [0.05, 0.1) is 0 Å². The van der Waals surface area contributed by atoms with Crippen molar-refractivity contribution in [2.75, 3.05) is 19.6 Å². The Hall–Kier alpha value is -0.870. The number of hydrogen-bond acceptors (Lipinski definition) is 3. The maximum atomic E-state index is 12.3. The predicted octanol–water partition coefficient (Wildman–Crippen LogP) is 2.74. The van der Waals surface area contributed by atoms with Gasteiger partial charge >= 0.3 is 0 Å². The van der Waals surface area contributed by atoms with Crippen LogP contribution in [0.2, 0.25) is 0 Å². The van der Waals surface area contributed by atoms with Crippen molar-refractivity contribution in [3.63, 3.8) is 0 Å². The molecular weight excluding hydrogens is 280 g/mol. The van der Waals surface area contributed by atoms with Gasteiger partial charge in [-0.2, -0.15) is 0 Å². The molecule has 1 saturated carbocycles. The molecule has 3 unspecified atom stereocenters. The Balaban J connectivity index is 1.43.